The van der Waals surface area contributed by atoms with E-state index in [-0.39, 0.29) is 11.6 Å². The molecule has 0 bridgehead atoms. The van der Waals surface area contributed by atoms with Crippen molar-refractivity contribution < 1.29 is 23.6 Å². The first-order valence-corrected chi connectivity index (χ1v) is 7.39. The number of carbonyl (C=O) groups excluding carboxylic acids is 2. The predicted molar refractivity (Wildman–Crippen MR) is 78.1 cm³/mol. The highest BCUT2D eigenvalue weighted by Crippen LogP contribution is 2.63. The van der Waals surface area contributed by atoms with Crippen LogP contribution >= 0.6 is 0 Å². The Hall–Kier alpha value is -1.92. The van der Waals surface area contributed by atoms with Crippen LogP contribution in [-0.4, -0.2) is 24.5 Å². The Balaban J connectivity index is 2.07. The van der Waals surface area contributed by atoms with E-state index in [1.165, 1.54) is 6.92 Å². The van der Waals surface area contributed by atoms with E-state index in [0.717, 1.165) is 0 Å². The highest BCUT2D eigenvalue weighted by molar-refractivity contribution is 6.46. The van der Waals surface area contributed by atoms with E-state index >= 15 is 0 Å². The van der Waals surface area contributed by atoms with Crippen molar-refractivity contribution in [1.29, 1.82) is 0 Å². The summed E-state index contributed by atoms with van der Waals surface area (Å²) in [6.07, 6.45) is 0.562. The van der Waals surface area contributed by atoms with Crippen LogP contribution in [0.1, 0.15) is 36.7 Å². The van der Waals surface area contributed by atoms with Gasteiger partial charge >= 0.3 is 12.9 Å². The van der Waals surface area contributed by atoms with Gasteiger partial charge in [-0.15, -0.1) is 0 Å². The number of hydrogen-bond acceptors (Lipinski definition) is 5. The highest BCUT2D eigenvalue weighted by Gasteiger charge is 2.79. The molecule has 2 unspecified atom stereocenters. The van der Waals surface area contributed by atoms with Crippen LogP contribution in [0.5, 0.6) is 0 Å². The lowest BCUT2D eigenvalue weighted by atomic mass is 9.81. The molecule has 1 saturated heterocycles. The van der Waals surface area contributed by atoms with Crippen LogP contribution < -0.4 is 0 Å². The summed E-state index contributed by atoms with van der Waals surface area (Å²) in [5, 5.41) is 0. The number of Topliss-reactive ketones (excluding diaryl/α,β-unsaturated/α-hetero) is 2. The quantitative estimate of drug-likeness (QED) is 0.783. The molecule has 3 aliphatic rings. The van der Waals surface area contributed by atoms with Crippen molar-refractivity contribution in [3.05, 3.63) is 46.7 Å². The van der Waals surface area contributed by atoms with Crippen molar-refractivity contribution >= 4 is 18.7 Å². The molecule has 4 rings (SSSR count). The molecule has 0 aromatic heterocycles. The van der Waals surface area contributed by atoms with E-state index in [4.69, 9.17) is 14.0 Å². The van der Waals surface area contributed by atoms with Gasteiger partial charge < -0.3 is 14.0 Å². The lowest BCUT2D eigenvalue weighted by Crippen LogP contribution is -2.49. The molecule has 0 radical (unpaired) electrons. The van der Waals surface area contributed by atoms with Crippen molar-refractivity contribution in [2.24, 2.45) is 0 Å². The summed E-state index contributed by atoms with van der Waals surface area (Å²) >= 11 is 0. The number of carbonyl (C=O) groups is 2. The lowest BCUT2D eigenvalue weighted by molar-refractivity contribution is -0.142. The summed E-state index contributed by atoms with van der Waals surface area (Å²) in [6, 6.07) is 7.13. The number of ether oxygens (including phenoxy) is 1. The highest BCUT2D eigenvalue weighted by atomic mass is 16.8. The monoisotopic (exact) mass is 298 g/mol. The van der Waals surface area contributed by atoms with Crippen LogP contribution in [0.25, 0.3) is 0 Å². The molecular formula is C16H15BO5. The topological polar surface area (TPSA) is 61.8 Å². The van der Waals surface area contributed by atoms with Gasteiger partial charge in [0.1, 0.15) is 5.76 Å². The van der Waals surface area contributed by atoms with Crippen LogP contribution in [-0.2, 0) is 24.4 Å². The fourth-order valence-corrected chi connectivity index (χ4v) is 3.86. The molecule has 2 aliphatic heterocycles. The lowest BCUT2D eigenvalue weighted by Gasteiger charge is -2.30. The summed E-state index contributed by atoms with van der Waals surface area (Å²) in [7, 11) is -0.584. The van der Waals surface area contributed by atoms with Crippen LogP contribution in [0.2, 0.25) is 6.32 Å². The molecule has 0 saturated carbocycles. The summed E-state index contributed by atoms with van der Waals surface area (Å²) in [4.78, 5) is 25.2. The second-order valence-corrected chi connectivity index (χ2v) is 5.84. The molecule has 0 N–H and O–H groups in total. The Morgan fingerprint density at radius 2 is 2.00 bits per heavy atom. The fourth-order valence-electron chi connectivity index (χ4n) is 3.86. The van der Waals surface area contributed by atoms with Crippen LogP contribution in [0, 0.1) is 0 Å². The second-order valence-electron chi connectivity index (χ2n) is 5.84. The molecule has 6 heteroatoms. The molecule has 0 amide bonds. The molecule has 1 aromatic carbocycles. The van der Waals surface area contributed by atoms with Gasteiger partial charge in [0, 0.05) is 11.1 Å². The van der Waals surface area contributed by atoms with Gasteiger partial charge in [-0.05, 0) is 20.2 Å². The van der Waals surface area contributed by atoms with Crippen molar-refractivity contribution in [3.8, 4) is 0 Å². The summed E-state index contributed by atoms with van der Waals surface area (Å²) < 4.78 is 17.9. The van der Waals surface area contributed by atoms with Crippen molar-refractivity contribution in [2.75, 3.05) is 0 Å². The molecule has 5 nitrogen and oxygen atoms in total. The zero-order valence-electron chi connectivity index (χ0n) is 12.6. The van der Waals surface area contributed by atoms with Gasteiger partial charge in [0.2, 0.25) is 5.78 Å². The van der Waals surface area contributed by atoms with Gasteiger partial charge in [0.15, 0.2) is 11.4 Å². The number of hydrogen-bond donors (Lipinski definition) is 0. The van der Waals surface area contributed by atoms with E-state index < -0.39 is 18.5 Å². The molecule has 0 spiro atoms. The number of allylic oxidation sites excluding steroid dienone is 1. The minimum absolute atomic E-state index is 0.177. The zero-order valence-corrected chi connectivity index (χ0v) is 12.6. The van der Waals surface area contributed by atoms with E-state index in [2.05, 4.69) is 0 Å². The molecule has 22 heavy (non-hydrogen) atoms. The van der Waals surface area contributed by atoms with Crippen molar-refractivity contribution in [1.82, 2.24) is 0 Å². The Kier molecular flexibility index (Phi) is 2.55. The summed E-state index contributed by atoms with van der Waals surface area (Å²) in [6.45, 7) is 5.03. The van der Waals surface area contributed by atoms with Gasteiger partial charge in [-0.2, -0.15) is 0 Å². The van der Waals surface area contributed by atoms with Gasteiger partial charge in [-0.1, -0.05) is 31.2 Å². The van der Waals surface area contributed by atoms with Gasteiger partial charge in [-0.25, -0.2) is 0 Å². The molecule has 112 valence electrons. The minimum Gasteiger partial charge on any atom is -0.456 e. The van der Waals surface area contributed by atoms with Crippen LogP contribution in [0.3, 0.4) is 0 Å². The minimum atomic E-state index is -1.59. The summed E-state index contributed by atoms with van der Waals surface area (Å²) in [5.74, 6) is -1.66. The van der Waals surface area contributed by atoms with Gasteiger partial charge in [0.05, 0.1) is 5.57 Å². The van der Waals surface area contributed by atoms with Crippen molar-refractivity contribution in [2.45, 2.75) is 38.5 Å². The number of rotatable bonds is 2. The average molecular weight is 298 g/mol. The predicted octanol–water partition coefficient (Wildman–Crippen LogP) is 2.22. The Labute approximate surface area is 128 Å². The molecule has 2 heterocycles. The number of ketones is 2. The largest absolute Gasteiger partial charge is 0.460 e. The van der Waals surface area contributed by atoms with Crippen LogP contribution in [0.4, 0.5) is 0 Å². The average Bonchev–Trinajstić information content (AvgIpc) is 2.99. The van der Waals surface area contributed by atoms with Gasteiger partial charge in [0.25, 0.3) is 0 Å². The third-order valence-corrected chi connectivity index (χ3v) is 4.61. The number of fused-ring (bicyclic) bond motifs is 1. The normalized spacial score (nSPS) is 32.0. The Bertz CT molecular complexity index is 755. The molecular weight excluding hydrogens is 283 g/mol. The standard InChI is InChI=1S/C16H15BO5/c1-4-17-21-15-12-8-6-5-7-11(12)14(19)16(15,22-17)20-10(3)13(15)9(2)18/h5-8H,4H2,1-3H3. The SMILES string of the molecule is CCB1OC23OC(C)=C(C(C)=O)C2(O1)c1ccccc1C3=O. The molecule has 1 aliphatic carbocycles. The van der Waals surface area contributed by atoms with E-state index in [0.29, 0.717) is 28.8 Å². The third-order valence-electron chi connectivity index (χ3n) is 4.61. The maximum atomic E-state index is 13.0. The van der Waals surface area contributed by atoms with Gasteiger partial charge in [-0.3, -0.25) is 9.59 Å². The first kappa shape index (κ1) is 13.7. The second kappa shape index (κ2) is 4.09. The maximum Gasteiger partial charge on any atom is 0.460 e. The van der Waals surface area contributed by atoms with E-state index in [1.54, 1.807) is 25.1 Å². The first-order valence-electron chi connectivity index (χ1n) is 7.39. The fraction of sp³-hybridized carbons (Fsp3) is 0.375. The number of benzene rings is 1. The molecule has 1 aromatic rings. The Morgan fingerprint density at radius 3 is 2.68 bits per heavy atom. The molecule has 1 fully saturated rings. The third kappa shape index (κ3) is 1.25. The van der Waals surface area contributed by atoms with Crippen LogP contribution in [0.15, 0.2) is 35.6 Å². The first-order chi connectivity index (χ1) is 10.5. The van der Waals surface area contributed by atoms with Crippen molar-refractivity contribution in [3.63, 3.8) is 0 Å². The maximum absolute atomic E-state index is 13.0. The van der Waals surface area contributed by atoms with E-state index in [1.807, 2.05) is 13.0 Å². The summed E-state index contributed by atoms with van der Waals surface area (Å²) in [5.41, 5.74) is 0.236. The smallest absolute Gasteiger partial charge is 0.456 e. The Morgan fingerprint density at radius 1 is 1.27 bits per heavy atom. The molecule has 2 atom stereocenters. The zero-order chi connectivity index (χ0) is 15.7. The van der Waals surface area contributed by atoms with E-state index in [9.17, 15) is 9.59 Å².